The first-order chi connectivity index (χ1) is 11.2. The van der Waals surface area contributed by atoms with Gasteiger partial charge in [0.15, 0.2) is 0 Å². The summed E-state index contributed by atoms with van der Waals surface area (Å²) >= 11 is 0. The molecular weight excluding hydrogens is 288 g/mol. The molecule has 0 aliphatic heterocycles. The zero-order valence-corrected chi connectivity index (χ0v) is 14.1. The van der Waals surface area contributed by atoms with E-state index in [-0.39, 0.29) is 6.42 Å². The van der Waals surface area contributed by atoms with E-state index in [1.807, 2.05) is 36.5 Å². The maximum Gasteiger partial charge on any atom is 0.303 e. The van der Waals surface area contributed by atoms with E-state index in [2.05, 4.69) is 25.2 Å². The normalized spacial score (nSPS) is 14.2. The predicted octanol–water partition coefficient (Wildman–Crippen LogP) is 4.96. The van der Waals surface area contributed by atoms with Crippen LogP contribution in [0.1, 0.15) is 51.9 Å². The Morgan fingerprint density at radius 2 is 1.65 bits per heavy atom. The molecule has 0 aliphatic carbocycles. The first-order valence-corrected chi connectivity index (χ1v) is 8.35. The van der Waals surface area contributed by atoms with Crippen LogP contribution >= 0.6 is 0 Å². The van der Waals surface area contributed by atoms with E-state index in [0.717, 1.165) is 25.7 Å². The van der Waals surface area contributed by atoms with E-state index in [1.54, 1.807) is 6.08 Å². The van der Waals surface area contributed by atoms with Crippen molar-refractivity contribution in [2.24, 2.45) is 0 Å². The van der Waals surface area contributed by atoms with Gasteiger partial charge in [0.05, 0.1) is 6.10 Å². The number of aliphatic hydroxyl groups is 1. The summed E-state index contributed by atoms with van der Waals surface area (Å²) in [4.78, 5) is 10.3. The number of rotatable bonds is 13. The van der Waals surface area contributed by atoms with E-state index in [9.17, 15) is 9.90 Å². The number of hydrogen-bond acceptors (Lipinski definition) is 2. The Balaban J connectivity index is 3.68. The van der Waals surface area contributed by atoms with Crippen LogP contribution in [-0.4, -0.2) is 22.3 Å². The Hall–Kier alpha value is -1.87. The molecule has 0 radical (unpaired) electrons. The van der Waals surface area contributed by atoms with Gasteiger partial charge in [-0.05, 0) is 38.5 Å². The second-order valence-electron chi connectivity index (χ2n) is 5.20. The molecule has 0 aromatic heterocycles. The summed E-state index contributed by atoms with van der Waals surface area (Å²) in [5, 5.41) is 18.2. The second-order valence-corrected chi connectivity index (χ2v) is 5.20. The minimum atomic E-state index is -0.741. The molecule has 1 atom stereocenters. The smallest absolute Gasteiger partial charge is 0.303 e. The van der Waals surface area contributed by atoms with Crippen molar-refractivity contribution in [2.45, 2.75) is 58.0 Å². The average Bonchev–Trinajstić information content (AvgIpc) is 2.52. The average molecular weight is 318 g/mol. The highest BCUT2D eigenvalue weighted by Gasteiger charge is 1.93. The van der Waals surface area contributed by atoms with Gasteiger partial charge in [-0.25, -0.2) is 0 Å². The Kier molecular flexibility index (Phi) is 15.2. The third-order valence-electron chi connectivity index (χ3n) is 3.00. The highest BCUT2D eigenvalue weighted by Crippen LogP contribution is 2.00. The van der Waals surface area contributed by atoms with E-state index in [4.69, 9.17) is 5.11 Å². The monoisotopic (exact) mass is 318 g/mol. The molecule has 0 aromatic rings. The zero-order valence-electron chi connectivity index (χ0n) is 14.1. The molecule has 0 amide bonds. The molecule has 3 nitrogen and oxygen atoms in total. The third-order valence-corrected chi connectivity index (χ3v) is 3.00. The van der Waals surface area contributed by atoms with Gasteiger partial charge in [-0.1, -0.05) is 67.7 Å². The first-order valence-electron chi connectivity index (χ1n) is 8.35. The molecule has 0 spiro atoms. The fourth-order valence-corrected chi connectivity index (χ4v) is 1.77. The Morgan fingerprint density at radius 3 is 2.39 bits per heavy atom. The lowest BCUT2D eigenvalue weighted by Crippen LogP contribution is -1.98. The van der Waals surface area contributed by atoms with Gasteiger partial charge in [-0.3, -0.25) is 4.79 Å². The van der Waals surface area contributed by atoms with Crippen LogP contribution < -0.4 is 0 Å². The molecule has 128 valence electrons. The van der Waals surface area contributed by atoms with Crippen LogP contribution in [0.5, 0.6) is 0 Å². The van der Waals surface area contributed by atoms with Crippen molar-refractivity contribution >= 4 is 5.97 Å². The first kappa shape index (κ1) is 21.1. The van der Waals surface area contributed by atoms with Crippen molar-refractivity contribution in [2.75, 3.05) is 0 Å². The molecule has 2 N–H and O–H groups in total. The molecular formula is C20H30O3. The van der Waals surface area contributed by atoms with Crippen LogP contribution in [0.2, 0.25) is 0 Å². The van der Waals surface area contributed by atoms with E-state index >= 15 is 0 Å². The van der Waals surface area contributed by atoms with Gasteiger partial charge in [-0.15, -0.1) is 0 Å². The lowest BCUT2D eigenvalue weighted by Gasteiger charge is -1.98. The van der Waals surface area contributed by atoms with Crippen LogP contribution in [0.4, 0.5) is 0 Å². The molecule has 0 rings (SSSR count). The summed E-state index contributed by atoms with van der Waals surface area (Å²) in [6.07, 6.45) is 24.6. The van der Waals surface area contributed by atoms with Crippen LogP contribution in [0.15, 0.2) is 60.8 Å². The summed E-state index contributed by atoms with van der Waals surface area (Å²) in [5.41, 5.74) is 0. The van der Waals surface area contributed by atoms with Crippen molar-refractivity contribution in [3.8, 4) is 0 Å². The fourth-order valence-electron chi connectivity index (χ4n) is 1.77. The van der Waals surface area contributed by atoms with Crippen molar-refractivity contribution in [1.82, 2.24) is 0 Å². The Morgan fingerprint density at radius 1 is 0.957 bits per heavy atom. The molecule has 0 bridgehead atoms. The quantitative estimate of drug-likeness (QED) is 0.286. The lowest BCUT2D eigenvalue weighted by molar-refractivity contribution is -0.137. The van der Waals surface area contributed by atoms with Crippen molar-refractivity contribution in [1.29, 1.82) is 0 Å². The van der Waals surface area contributed by atoms with Crippen molar-refractivity contribution in [3.05, 3.63) is 60.8 Å². The molecule has 3 heteroatoms. The van der Waals surface area contributed by atoms with Crippen LogP contribution in [-0.2, 0) is 4.79 Å². The minimum Gasteiger partial charge on any atom is -0.481 e. The number of allylic oxidation sites excluding steroid dienone is 8. The van der Waals surface area contributed by atoms with Gasteiger partial charge in [0.25, 0.3) is 0 Å². The fraction of sp³-hybridized carbons (Fsp3) is 0.450. The Labute approximate surface area is 140 Å². The van der Waals surface area contributed by atoms with Gasteiger partial charge in [0, 0.05) is 6.42 Å². The van der Waals surface area contributed by atoms with Crippen molar-refractivity contribution in [3.63, 3.8) is 0 Å². The number of aliphatic carboxylic acids is 1. The molecule has 0 saturated heterocycles. The zero-order chi connectivity index (χ0) is 17.2. The van der Waals surface area contributed by atoms with Crippen LogP contribution in [0.25, 0.3) is 0 Å². The van der Waals surface area contributed by atoms with Crippen molar-refractivity contribution < 1.29 is 15.0 Å². The predicted molar refractivity (Wildman–Crippen MR) is 97.3 cm³/mol. The lowest BCUT2D eigenvalue weighted by atomic mass is 10.2. The SMILES string of the molecule is CC/C=C/C/C=C/C[C@@H](O)/C=C/C=C/C/C=C/CCCC(=O)O. The molecule has 0 saturated carbocycles. The van der Waals surface area contributed by atoms with Gasteiger partial charge in [-0.2, -0.15) is 0 Å². The number of aliphatic hydroxyl groups excluding tert-OH is 1. The maximum absolute atomic E-state index is 10.3. The summed E-state index contributed by atoms with van der Waals surface area (Å²) in [5.74, 6) is -0.741. The van der Waals surface area contributed by atoms with Gasteiger partial charge in [0.1, 0.15) is 0 Å². The number of carboxylic acid groups (broad SMARTS) is 1. The Bertz CT molecular complexity index is 428. The number of carbonyl (C=O) groups is 1. The third kappa shape index (κ3) is 18.1. The molecule has 0 aromatic carbocycles. The summed E-state index contributed by atoms with van der Waals surface area (Å²) in [7, 11) is 0. The molecule has 0 aliphatic rings. The number of hydrogen-bond donors (Lipinski definition) is 2. The van der Waals surface area contributed by atoms with Gasteiger partial charge in [0.2, 0.25) is 0 Å². The number of unbranched alkanes of at least 4 members (excludes halogenated alkanes) is 1. The second kappa shape index (κ2) is 16.5. The highest BCUT2D eigenvalue weighted by molar-refractivity contribution is 5.66. The van der Waals surface area contributed by atoms with E-state index in [0.29, 0.717) is 12.8 Å². The summed E-state index contributed by atoms with van der Waals surface area (Å²) < 4.78 is 0. The minimum absolute atomic E-state index is 0.226. The molecule has 0 heterocycles. The molecule has 0 unspecified atom stereocenters. The van der Waals surface area contributed by atoms with Crippen LogP contribution in [0.3, 0.4) is 0 Å². The summed E-state index contributed by atoms with van der Waals surface area (Å²) in [6.45, 7) is 2.11. The topological polar surface area (TPSA) is 57.5 Å². The van der Waals surface area contributed by atoms with Gasteiger partial charge < -0.3 is 10.2 Å². The maximum atomic E-state index is 10.3. The summed E-state index contributed by atoms with van der Waals surface area (Å²) in [6, 6.07) is 0. The standard InChI is InChI=1S/C20H30O3/c1-2-3-4-5-10-13-16-19(21)17-14-11-8-6-7-9-12-15-18-20(22)23/h3-4,7-11,13-14,17,19,21H,2,5-6,12,15-16,18H2,1H3,(H,22,23)/b4-3+,9-7+,11-8+,13-10+,17-14+/t19-/m1/s1. The van der Waals surface area contributed by atoms with E-state index < -0.39 is 12.1 Å². The molecule has 23 heavy (non-hydrogen) atoms. The number of carboxylic acids is 1. The van der Waals surface area contributed by atoms with Crippen LogP contribution in [0, 0.1) is 0 Å². The largest absolute Gasteiger partial charge is 0.481 e. The van der Waals surface area contributed by atoms with E-state index in [1.165, 1.54) is 0 Å². The highest BCUT2D eigenvalue weighted by atomic mass is 16.4. The van der Waals surface area contributed by atoms with Gasteiger partial charge >= 0.3 is 5.97 Å². The molecule has 0 fully saturated rings.